The van der Waals surface area contributed by atoms with Crippen molar-refractivity contribution in [2.45, 2.75) is 20.0 Å². The first-order valence-corrected chi connectivity index (χ1v) is 12.1. The number of amides is 1. The molecular formula is C25H20Cl4N2O5. The van der Waals surface area contributed by atoms with Gasteiger partial charge in [-0.1, -0.05) is 46.4 Å². The van der Waals surface area contributed by atoms with Gasteiger partial charge in [0.15, 0.2) is 17.6 Å². The average molecular weight is 570 g/mol. The molecule has 0 unspecified atom stereocenters. The van der Waals surface area contributed by atoms with E-state index in [4.69, 9.17) is 60.6 Å². The summed E-state index contributed by atoms with van der Waals surface area (Å²) in [5.41, 5.74) is 3.14. The monoisotopic (exact) mass is 568 g/mol. The van der Waals surface area contributed by atoms with Crippen LogP contribution in [0.15, 0.2) is 59.7 Å². The molecule has 0 heterocycles. The second-order valence-electron chi connectivity index (χ2n) is 7.22. The maximum Gasteiger partial charge on any atom is 0.345 e. The zero-order chi connectivity index (χ0) is 26.2. The largest absolute Gasteiger partial charge is 0.490 e. The van der Waals surface area contributed by atoms with Crippen molar-refractivity contribution in [3.05, 3.63) is 85.8 Å². The van der Waals surface area contributed by atoms with Crippen molar-refractivity contribution in [3.63, 3.8) is 0 Å². The summed E-state index contributed by atoms with van der Waals surface area (Å²) in [4.78, 5) is 24.9. The number of hydrazone groups is 1. The van der Waals surface area contributed by atoms with Crippen molar-refractivity contribution in [1.29, 1.82) is 0 Å². The van der Waals surface area contributed by atoms with Gasteiger partial charge in [-0.3, -0.25) is 4.79 Å². The Balaban J connectivity index is 1.65. The molecule has 0 spiro atoms. The molecule has 1 atom stereocenters. The lowest BCUT2D eigenvalue weighted by molar-refractivity contribution is -0.127. The molecule has 0 saturated carbocycles. The van der Waals surface area contributed by atoms with Crippen molar-refractivity contribution in [2.75, 3.05) is 6.61 Å². The number of hydrogen-bond donors (Lipinski definition) is 1. The molecule has 11 heteroatoms. The number of nitrogens with zero attached hydrogens (tertiary/aromatic N) is 1. The van der Waals surface area contributed by atoms with Crippen molar-refractivity contribution in [3.8, 4) is 17.2 Å². The molecule has 188 valence electrons. The van der Waals surface area contributed by atoms with Crippen LogP contribution in [0.1, 0.15) is 29.8 Å². The van der Waals surface area contributed by atoms with E-state index in [-0.39, 0.29) is 21.4 Å². The topological polar surface area (TPSA) is 86.2 Å². The fourth-order valence-corrected chi connectivity index (χ4v) is 3.78. The number of hydrogen-bond acceptors (Lipinski definition) is 6. The lowest BCUT2D eigenvalue weighted by Crippen LogP contribution is -2.33. The van der Waals surface area contributed by atoms with Crippen LogP contribution < -0.4 is 19.6 Å². The van der Waals surface area contributed by atoms with Crippen molar-refractivity contribution < 1.29 is 23.8 Å². The van der Waals surface area contributed by atoms with Crippen LogP contribution in [0.4, 0.5) is 0 Å². The van der Waals surface area contributed by atoms with Gasteiger partial charge in [0.05, 0.1) is 28.4 Å². The third kappa shape index (κ3) is 7.51. The number of nitrogens with one attached hydrogen (secondary N) is 1. The fourth-order valence-electron chi connectivity index (χ4n) is 2.84. The number of rotatable bonds is 9. The van der Waals surface area contributed by atoms with Crippen LogP contribution in [0.25, 0.3) is 0 Å². The Bertz CT molecular complexity index is 1300. The van der Waals surface area contributed by atoms with E-state index < -0.39 is 18.0 Å². The second-order valence-corrected chi connectivity index (χ2v) is 8.91. The lowest BCUT2D eigenvalue weighted by Gasteiger charge is -2.14. The highest BCUT2D eigenvalue weighted by Gasteiger charge is 2.17. The molecule has 0 radical (unpaired) electrons. The van der Waals surface area contributed by atoms with Crippen LogP contribution in [0.3, 0.4) is 0 Å². The van der Waals surface area contributed by atoms with Gasteiger partial charge in [0.2, 0.25) is 0 Å². The van der Waals surface area contributed by atoms with Crippen LogP contribution >= 0.6 is 46.4 Å². The first-order chi connectivity index (χ1) is 17.2. The summed E-state index contributed by atoms with van der Waals surface area (Å²) < 4.78 is 16.6. The Kier molecular flexibility index (Phi) is 9.84. The number of benzene rings is 3. The highest BCUT2D eigenvalue weighted by molar-refractivity contribution is 6.36. The molecule has 0 aliphatic rings. The summed E-state index contributed by atoms with van der Waals surface area (Å²) in [6, 6.07) is 13.9. The number of carbonyl (C=O) groups excluding carboxylic acids is 2. The maximum absolute atomic E-state index is 12.6. The van der Waals surface area contributed by atoms with E-state index in [1.807, 2.05) is 0 Å². The van der Waals surface area contributed by atoms with Gasteiger partial charge in [-0.2, -0.15) is 5.10 Å². The summed E-state index contributed by atoms with van der Waals surface area (Å²) in [6.07, 6.45) is 0.533. The van der Waals surface area contributed by atoms with Crippen molar-refractivity contribution in [1.82, 2.24) is 5.43 Å². The molecule has 3 rings (SSSR count). The van der Waals surface area contributed by atoms with E-state index in [9.17, 15) is 9.59 Å². The molecular weight excluding hydrogens is 550 g/mol. The van der Waals surface area contributed by atoms with Gasteiger partial charge in [0, 0.05) is 10.0 Å². The molecule has 3 aromatic rings. The summed E-state index contributed by atoms with van der Waals surface area (Å²) in [7, 11) is 0. The first kappa shape index (κ1) is 27.6. The van der Waals surface area contributed by atoms with Gasteiger partial charge in [-0.15, -0.1) is 0 Å². The summed E-state index contributed by atoms with van der Waals surface area (Å²) in [6.45, 7) is 3.67. The zero-order valence-electron chi connectivity index (χ0n) is 19.1. The van der Waals surface area contributed by atoms with Crippen molar-refractivity contribution in [2.24, 2.45) is 5.10 Å². The molecule has 0 saturated heterocycles. The third-order valence-corrected chi connectivity index (χ3v) is 5.65. The van der Waals surface area contributed by atoms with Gasteiger partial charge in [-0.25, -0.2) is 10.2 Å². The molecule has 0 aliphatic carbocycles. The SMILES string of the molecule is CCOc1cc(/C=N\NC(=O)[C@@H](C)Oc2ccc(Cl)cc2Cl)ccc1OC(=O)c1ccc(Cl)cc1Cl. The molecule has 0 bridgehead atoms. The number of carbonyl (C=O) groups is 2. The molecule has 7 nitrogen and oxygen atoms in total. The minimum atomic E-state index is -0.874. The maximum atomic E-state index is 12.6. The summed E-state index contributed by atoms with van der Waals surface area (Å²) in [5.74, 6) is -0.343. The second kappa shape index (κ2) is 12.8. The van der Waals surface area contributed by atoms with Crippen LogP contribution in [0.5, 0.6) is 17.2 Å². The predicted octanol–water partition coefficient (Wildman–Crippen LogP) is 6.84. The van der Waals surface area contributed by atoms with E-state index in [0.717, 1.165) is 0 Å². The van der Waals surface area contributed by atoms with Crippen LogP contribution in [-0.2, 0) is 4.79 Å². The number of ether oxygens (including phenoxy) is 3. The Morgan fingerprint density at radius 1 is 0.917 bits per heavy atom. The Morgan fingerprint density at radius 3 is 2.25 bits per heavy atom. The Hall–Kier alpha value is -2.97. The number of esters is 1. The first-order valence-electron chi connectivity index (χ1n) is 10.6. The molecule has 0 aliphatic heterocycles. The van der Waals surface area contributed by atoms with Gasteiger partial charge >= 0.3 is 5.97 Å². The smallest absolute Gasteiger partial charge is 0.345 e. The highest BCUT2D eigenvalue weighted by atomic mass is 35.5. The molecule has 1 amide bonds. The quantitative estimate of drug-likeness (QED) is 0.132. The van der Waals surface area contributed by atoms with Gasteiger partial charge in [0.25, 0.3) is 5.91 Å². The van der Waals surface area contributed by atoms with Gasteiger partial charge in [0.1, 0.15) is 5.75 Å². The summed E-state index contributed by atoms with van der Waals surface area (Å²) in [5, 5.41) is 5.26. The van der Waals surface area contributed by atoms with Crippen LogP contribution in [-0.4, -0.2) is 30.8 Å². The predicted molar refractivity (Wildman–Crippen MR) is 141 cm³/mol. The minimum absolute atomic E-state index is 0.160. The third-order valence-electron chi connectivity index (χ3n) is 4.58. The van der Waals surface area contributed by atoms with Crippen LogP contribution in [0.2, 0.25) is 20.1 Å². The van der Waals surface area contributed by atoms with E-state index >= 15 is 0 Å². The lowest BCUT2D eigenvalue weighted by atomic mass is 10.2. The molecule has 0 aromatic heterocycles. The van der Waals surface area contributed by atoms with Gasteiger partial charge in [-0.05, 0) is 74.0 Å². The molecule has 3 aromatic carbocycles. The standard InChI is InChI=1S/C25H20Cl4N2O5/c1-3-34-23-10-15(4-8-22(23)36-25(33)18-7-5-16(26)11-19(18)28)13-30-31-24(32)14(2)35-21-9-6-17(27)12-20(21)29/h4-14H,3H2,1-2H3,(H,31,32)/b30-13-/t14-/m1/s1. The normalized spacial score (nSPS) is 11.7. The Labute approximate surface area is 227 Å². The molecule has 1 N–H and O–H groups in total. The van der Waals surface area contributed by atoms with E-state index in [1.54, 1.807) is 44.2 Å². The van der Waals surface area contributed by atoms with Gasteiger partial charge < -0.3 is 14.2 Å². The van der Waals surface area contributed by atoms with Crippen molar-refractivity contribution >= 4 is 64.5 Å². The van der Waals surface area contributed by atoms with E-state index in [0.29, 0.717) is 33.7 Å². The number of halogens is 4. The highest BCUT2D eigenvalue weighted by Crippen LogP contribution is 2.31. The summed E-state index contributed by atoms with van der Waals surface area (Å²) >= 11 is 23.9. The van der Waals surface area contributed by atoms with Crippen LogP contribution in [0, 0.1) is 0 Å². The molecule has 0 fully saturated rings. The average Bonchev–Trinajstić information content (AvgIpc) is 2.82. The fraction of sp³-hybridized carbons (Fsp3) is 0.160. The van der Waals surface area contributed by atoms with E-state index in [1.165, 1.54) is 30.5 Å². The molecule has 36 heavy (non-hydrogen) atoms. The minimum Gasteiger partial charge on any atom is -0.490 e. The Morgan fingerprint density at radius 2 is 1.58 bits per heavy atom. The zero-order valence-corrected chi connectivity index (χ0v) is 22.1. The van der Waals surface area contributed by atoms with E-state index in [2.05, 4.69) is 10.5 Å².